The number of halogens is 2. The number of aromatic nitrogens is 3. The van der Waals surface area contributed by atoms with Crippen LogP contribution in [-0.4, -0.2) is 39.2 Å². The first-order chi connectivity index (χ1) is 11.3. The monoisotopic (exact) mass is 335 g/mol. The van der Waals surface area contributed by atoms with Crippen LogP contribution in [0.3, 0.4) is 0 Å². The number of hydrogen-bond donors (Lipinski definition) is 2. The van der Waals surface area contributed by atoms with E-state index in [0.717, 1.165) is 11.4 Å². The average Bonchev–Trinajstić information content (AvgIpc) is 3.01. The van der Waals surface area contributed by atoms with E-state index in [9.17, 15) is 13.6 Å². The fourth-order valence-electron chi connectivity index (χ4n) is 2.76. The number of rotatable bonds is 4. The van der Waals surface area contributed by atoms with E-state index < -0.39 is 30.8 Å². The Labute approximate surface area is 138 Å². The van der Waals surface area contributed by atoms with Crippen LogP contribution in [0, 0.1) is 13.8 Å². The molecule has 2 aromatic rings. The van der Waals surface area contributed by atoms with Crippen molar-refractivity contribution in [2.24, 2.45) is 0 Å². The number of alkyl halides is 2. The Balaban J connectivity index is 1.67. The number of amides is 1. The van der Waals surface area contributed by atoms with Crippen molar-refractivity contribution in [3.63, 3.8) is 0 Å². The molecule has 1 amide bonds. The second-order valence-corrected chi connectivity index (χ2v) is 6.05. The van der Waals surface area contributed by atoms with Crippen LogP contribution in [0.25, 0.3) is 0 Å². The fraction of sp³-hybridized carbons (Fsp3) is 0.438. The number of benzene rings is 1. The van der Waals surface area contributed by atoms with Crippen molar-refractivity contribution in [3.8, 4) is 0 Å². The van der Waals surface area contributed by atoms with Crippen molar-refractivity contribution >= 4 is 11.6 Å². The Morgan fingerprint density at radius 2 is 2.25 bits per heavy atom. The lowest BCUT2D eigenvalue weighted by atomic mass is 10.1. The molecule has 0 saturated carbocycles. The Kier molecular flexibility index (Phi) is 4.31. The second kappa shape index (κ2) is 6.27. The van der Waals surface area contributed by atoms with Gasteiger partial charge in [-0.15, -0.1) is 0 Å². The number of hydrogen-bond acceptors (Lipinski definition) is 4. The maximum Gasteiger partial charge on any atom is 0.262 e. The topological polar surface area (TPSA) is 71.8 Å². The minimum atomic E-state index is -2.83. The Morgan fingerprint density at radius 1 is 1.46 bits per heavy atom. The Morgan fingerprint density at radius 3 is 2.88 bits per heavy atom. The van der Waals surface area contributed by atoms with Gasteiger partial charge in [0.2, 0.25) is 5.91 Å². The SMILES string of the molecule is Cc1nc(C)n(Cc2cccc(NC(=O)C3CC(F)(F)CN3)c2)n1. The van der Waals surface area contributed by atoms with Gasteiger partial charge >= 0.3 is 0 Å². The molecule has 1 saturated heterocycles. The summed E-state index contributed by atoms with van der Waals surface area (Å²) in [6.07, 6.45) is -0.476. The molecule has 3 rings (SSSR count). The van der Waals surface area contributed by atoms with Gasteiger partial charge in [-0.2, -0.15) is 5.10 Å². The van der Waals surface area contributed by atoms with Crippen molar-refractivity contribution in [2.45, 2.75) is 38.8 Å². The number of carbonyl (C=O) groups is 1. The first kappa shape index (κ1) is 16.5. The molecule has 1 aromatic carbocycles. The van der Waals surface area contributed by atoms with Crippen molar-refractivity contribution in [3.05, 3.63) is 41.5 Å². The third kappa shape index (κ3) is 3.76. The largest absolute Gasteiger partial charge is 0.325 e. The van der Waals surface area contributed by atoms with Gasteiger partial charge in [0, 0.05) is 12.1 Å². The molecule has 1 atom stereocenters. The molecule has 0 spiro atoms. The zero-order valence-corrected chi connectivity index (χ0v) is 13.5. The molecule has 1 fully saturated rings. The summed E-state index contributed by atoms with van der Waals surface area (Å²) in [5.41, 5.74) is 1.51. The summed E-state index contributed by atoms with van der Waals surface area (Å²) in [7, 11) is 0. The molecule has 1 aliphatic rings. The number of nitrogens with zero attached hydrogens (tertiary/aromatic N) is 3. The van der Waals surface area contributed by atoms with E-state index in [1.54, 1.807) is 22.9 Å². The molecule has 8 heteroatoms. The minimum Gasteiger partial charge on any atom is -0.325 e. The van der Waals surface area contributed by atoms with Crippen LogP contribution in [0.1, 0.15) is 23.6 Å². The summed E-state index contributed by atoms with van der Waals surface area (Å²) in [5.74, 6) is -1.77. The van der Waals surface area contributed by atoms with Crippen LogP contribution < -0.4 is 10.6 Å². The molecule has 2 N–H and O–H groups in total. The lowest BCUT2D eigenvalue weighted by molar-refractivity contribution is -0.118. The van der Waals surface area contributed by atoms with Crippen molar-refractivity contribution in [1.82, 2.24) is 20.1 Å². The van der Waals surface area contributed by atoms with Gasteiger partial charge in [0.25, 0.3) is 5.92 Å². The van der Waals surface area contributed by atoms with Crippen molar-refractivity contribution in [2.75, 3.05) is 11.9 Å². The average molecular weight is 335 g/mol. The molecule has 24 heavy (non-hydrogen) atoms. The quantitative estimate of drug-likeness (QED) is 0.895. The van der Waals surface area contributed by atoms with E-state index in [4.69, 9.17) is 0 Å². The standard InChI is InChI=1S/C16H19F2N5O/c1-10-20-11(2)23(22-10)8-12-4-3-5-13(6-12)21-15(24)14-7-16(17,18)9-19-14/h3-6,14,19H,7-9H2,1-2H3,(H,21,24). The number of carbonyl (C=O) groups excluding carboxylic acids is 1. The van der Waals surface area contributed by atoms with Gasteiger partial charge in [0.1, 0.15) is 11.6 Å². The molecule has 128 valence electrons. The van der Waals surface area contributed by atoms with Crippen LogP contribution in [0.2, 0.25) is 0 Å². The van der Waals surface area contributed by atoms with E-state index in [1.807, 2.05) is 19.9 Å². The molecule has 0 radical (unpaired) electrons. The zero-order valence-electron chi connectivity index (χ0n) is 13.5. The van der Waals surface area contributed by atoms with Gasteiger partial charge in [-0.25, -0.2) is 18.4 Å². The van der Waals surface area contributed by atoms with E-state index >= 15 is 0 Å². The number of anilines is 1. The highest BCUT2D eigenvalue weighted by molar-refractivity contribution is 5.95. The van der Waals surface area contributed by atoms with Crippen LogP contribution >= 0.6 is 0 Å². The van der Waals surface area contributed by atoms with Gasteiger partial charge in [-0.05, 0) is 31.5 Å². The molecule has 1 aromatic heterocycles. The van der Waals surface area contributed by atoms with E-state index in [0.29, 0.717) is 18.1 Å². The third-order valence-electron chi connectivity index (χ3n) is 3.92. The predicted octanol–water partition coefficient (Wildman–Crippen LogP) is 1.88. The summed E-state index contributed by atoms with van der Waals surface area (Å²) >= 11 is 0. The van der Waals surface area contributed by atoms with Crippen LogP contribution in [0.4, 0.5) is 14.5 Å². The highest BCUT2D eigenvalue weighted by Crippen LogP contribution is 2.25. The summed E-state index contributed by atoms with van der Waals surface area (Å²) in [6.45, 7) is 3.76. The zero-order chi connectivity index (χ0) is 17.3. The molecule has 1 aliphatic heterocycles. The molecule has 1 unspecified atom stereocenters. The first-order valence-electron chi connectivity index (χ1n) is 7.71. The predicted molar refractivity (Wildman–Crippen MR) is 85.0 cm³/mol. The van der Waals surface area contributed by atoms with Gasteiger partial charge in [0.05, 0.1) is 19.1 Å². The summed E-state index contributed by atoms with van der Waals surface area (Å²) in [5, 5.41) is 9.53. The lowest BCUT2D eigenvalue weighted by Crippen LogP contribution is -2.35. The van der Waals surface area contributed by atoms with Gasteiger partial charge in [-0.1, -0.05) is 12.1 Å². The van der Waals surface area contributed by atoms with Crippen LogP contribution in [0.5, 0.6) is 0 Å². The van der Waals surface area contributed by atoms with Crippen molar-refractivity contribution in [1.29, 1.82) is 0 Å². The molecule has 6 nitrogen and oxygen atoms in total. The number of nitrogens with one attached hydrogen (secondary N) is 2. The number of aryl methyl sites for hydroxylation is 2. The lowest BCUT2D eigenvalue weighted by Gasteiger charge is -2.12. The molecule has 2 heterocycles. The van der Waals surface area contributed by atoms with E-state index in [2.05, 4.69) is 20.7 Å². The summed E-state index contributed by atoms with van der Waals surface area (Å²) in [4.78, 5) is 16.3. The normalized spacial score (nSPS) is 19.4. The molecule has 0 bridgehead atoms. The van der Waals surface area contributed by atoms with Crippen LogP contribution in [-0.2, 0) is 11.3 Å². The highest BCUT2D eigenvalue weighted by atomic mass is 19.3. The summed E-state index contributed by atoms with van der Waals surface area (Å²) < 4.78 is 28.1. The third-order valence-corrected chi connectivity index (χ3v) is 3.92. The molecular formula is C16H19F2N5O. The van der Waals surface area contributed by atoms with E-state index in [-0.39, 0.29) is 0 Å². The second-order valence-electron chi connectivity index (χ2n) is 6.05. The Bertz CT molecular complexity index is 759. The maximum atomic E-state index is 13.2. The van der Waals surface area contributed by atoms with Gasteiger partial charge in [-0.3, -0.25) is 10.1 Å². The van der Waals surface area contributed by atoms with Crippen molar-refractivity contribution < 1.29 is 13.6 Å². The van der Waals surface area contributed by atoms with Gasteiger partial charge < -0.3 is 5.32 Å². The van der Waals surface area contributed by atoms with Crippen LogP contribution in [0.15, 0.2) is 24.3 Å². The van der Waals surface area contributed by atoms with E-state index in [1.165, 1.54) is 0 Å². The summed E-state index contributed by atoms with van der Waals surface area (Å²) in [6, 6.07) is 6.38. The minimum absolute atomic E-state index is 0.447. The molecular weight excluding hydrogens is 316 g/mol. The first-order valence-corrected chi connectivity index (χ1v) is 7.71. The Hall–Kier alpha value is -2.35. The highest BCUT2D eigenvalue weighted by Gasteiger charge is 2.42. The van der Waals surface area contributed by atoms with Gasteiger partial charge in [0.15, 0.2) is 0 Å². The molecule has 0 aliphatic carbocycles. The smallest absolute Gasteiger partial charge is 0.262 e. The fourth-order valence-corrected chi connectivity index (χ4v) is 2.76. The maximum absolute atomic E-state index is 13.2.